The summed E-state index contributed by atoms with van der Waals surface area (Å²) < 4.78 is 16.4. The molecule has 0 aliphatic rings. The average Bonchev–Trinajstić information content (AvgIpc) is 3.01. The Kier molecular flexibility index (Phi) is 4.36. The molecular weight excluding hydrogens is 332 g/mol. The summed E-state index contributed by atoms with van der Waals surface area (Å²) in [6, 6.07) is 8.82. The molecule has 3 aromatic rings. The van der Waals surface area contributed by atoms with Crippen LogP contribution >= 0.6 is 11.6 Å². The minimum absolute atomic E-state index is 0.0625. The normalized spacial score (nSPS) is 10.8. The number of hydrogen-bond acceptors (Lipinski definition) is 5. The number of methoxy groups -OCH3 is 1. The van der Waals surface area contributed by atoms with Crippen molar-refractivity contribution in [3.63, 3.8) is 0 Å². The Labute approximate surface area is 143 Å². The number of ketones is 1. The van der Waals surface area contributed by atoms with Crippen molar-refractivity contribution in [2.45, 2.75) is 13.5 Å². The van der Waals surface area contributed by atoms with Gasteiger partial charge in [0.1, 0.15) is 17.9 Å². The Morgan fingerprint density at radius 3 is 2.75 bits per heavy atom. The predicted octanol–water partition coefficient (Wildman–Crippen LogP) is 4.58. The van der Waals surface area contributed by atoms with Crippen LogP contribution in [0.3, 0.4) is 0 Å². The molecule has 0 saturated heterocycles. The highest BCUT2D eigenvalue weighted by Gasteiger charge is 2.25. The molecule has 0 fully saturated rings. The maximum absolute atomic E-state index is 11.9. The number of benzene rings is 2. The third kappa shape index (κ3) is 2.78. The van der Waals surface area contributed by atoms with Gasteiger partial charge in [0.25, 0.3) is 0 Å². The number of rotatable bonds is 5. The fraction of sp³-hybridized carbons (Fsp3) is 0.167. The number of phenolic OH excluding ortho intramolecular Hbond substituents is 1. The van der Waals surface area contributed by atoms with Crippen LogP contribution in [0.2, 0.25) is 5.02 Å². The van der Waals surface area contributed by atoms with E-state index in [2.05, 4.69) is 0 Å². The molecule has 6 heteroatoms. The number of halogens is 1. The quantitative estimate of drug-likeness (QED) is 0.685. The van der Waals surface area contributed by atoms with Crippen molar-refractivity contribution in [2.24, 2.45) is 0 Å². The fourth-order valence-corrected chi connectivity index (χ4v) is 2.79. The number of aromatic hydroxyl groups is 1. The highest BCUT2D eigenvalue weighted by atomic mass is 35.5. The zero-order valence-electron chi connectivity index (χ0n) is 13.1. The number of fused-ring (bicyclic) bond motifs is 1. The van der Waals surface area contributed by atoms with Gasteiger partial charge in [0, 0.05) is 5.02 Å². The van der Waals surface area contributed by atoms with Crippen molar-refractivity contribution in [1.29, 1.82) is 0 Å². The molecule has 1 heterocycles. The second kappa shape index (κ2) is 6.45. The van der Waals surface area contributed by atoms with Crippen LogP contribution in [0.5, 0.6) is 17.2 Å². The molecule has 1 aromatic heterocycles. The molecule has 2 aromatic carbocycles. The van der Waals surface area contributed by atoms with Crippen molar-refractivity contribution in [3.05, 3.63) is 52.7 Å². The Bertz CT molecular complexity index is 913. The van der Waals surface area contributed by atoms with Crippen LogP contribution in [0, 0.1) is 0 Å². The Morgan fingerprint density at radius 2 is 2.08 bits per heavy atom. The number of hydrogen-bond donors (Lipinski definition) is 1. The lowest BCUT2D eigenvalue weighted by Gasteiger charge is -2.14. The lowest BCUT2D eigenvalue weighted by Crippen LogP contribution is -2.02. The molecule has 24 heavy (non-hydrogen) atoms. The Balaban J connectivity index is 2.08. The van der Waals surface area contributed by atoms with Gasteiger partial charge in [-0.25, -0.2) is 0 Å². The van der Waals surface area contributed by atoms with Crippen molar-refractivity contribution < 1.29 is 23.8 Å². The first kappa shape index (κ1) is 16.2. The standard InChI is InChI=1S/C18H15ClO5/c1-10(20)14-15(21)18(17-13(6-7-23-17)16(14)22-2)24-9-11-4-3-5-12(19)8-11/h3-8,21H,9H2,1-2H3. The highest BCUT2D eigenvalue weighted by molar-refractivity contribution is 6.30. The smallest absolute Gasteiger partial charge is 0.206 e. The molecule has 0 atom stereocenters. The molecule has 5 nitrogen and oxygen atoms in total. The molecule has 0 aliphatic carbocycles. The van der Waals surface area contributed by atoms with Crippen LogP contribution in [0.4, 0.5) is 0 Å². The summed E-state index contributed by atoms with van der Waals surface area (Å²) in [6.45, 7) is 1.51. The predicted molar refractivity (Wildman–Crippen MR) is 90.2 cm³/mol. The van der Waals surface area contributed by atoms with Crippen LogP contribution in [0.25, 0.3) is 11.0 Å². The van der Waals surface area contributed by atoms with Gasteiger partial charge in [0.05, 0.1) is 18.8 Å². The zero-order valence-corrected chi connectivity index (χ0v) is 13.9. The van der Waals surface area contributed by atoms with E-state index in [0.717, 1.165) is 5.56 Å². The maximum atomic E-state index is 11.9. The van der Waals surface area contributed by atoms with E-state index in [9.17, 15) is 9.90 Å². The maximum Gasteiger partial charge on any atom is 0.206 e. The Hall–Kier alpha value is -2.66. The molecule has 124 valence electrons. The van der Waals surface area contributed by atoms with Crippen LogP contribution in [0.1, 0.15) is 22.8 Å². The summed E-state index contributed by atoms with van der Waals surface area (Å²) in [6.07, 6.45) is 1.45. The summed E-state index contributed by atoms with van der Waals surface area (Å²) in [4.78, 5) is 11.9. The third-order valence-electron chi connectivity index (χ3n) is 3.62. The van der Waals surface area contributed by atoms with E-state index < -0.39 is 0 Å². The average molecular weight is 347 g/mol. The van der Waals surface area contributed by atoms with Crippen molar-refractivity contribution >= 4 is 28.4 Å². The van der Waals surface area contributed by atoms with Gasteiger partial charge in [-0.2, -0.15) is 0 Å². The zero-order chi connectivity index (χ0) is 17.3. The first-order valence-electron chi connectivity index (χ1n) is 7.21. The van der Waals surface area contributed by atoms with Gasteiger partial charge < -0.3 is 19.0 Å². The number of carbonyl (C=O) groups excluding carboxylic acids is 1. The SMILES string of the molecule is COc1c(C(C)=O)c(O)c(OCc2cccc(Cl)c2)c2occc12. The van der Waals surface area contributed by atoms with Gasteiger partial charge >= 0.3 is 0 Å². The van der Waals surface area contributed by atoms with Gasteiger partial charge in [0.15, 0.2) is 17.1 Å². The van der Waals surface area contributed by atoms with E-state index in [-0.39, 0.29) is 35.2 Å². The van der Waals surface area contributed by atoms with Gasteiger partial charge in [0.2, 0.25) is 5.75 Å². The largest absolute Gasteiger partial charge is 0.504 e. The molecule has 0 aliphatic heterocycles. The minimum atomic E-state index is -0.333. The summed E-state index contributed by atoms with van der Waals surface area (Å²) >= 11 is 5.96. The van der Waals surface area contributed by atoms with Gasteiger partial charge in [-0.3, -0.25) is 4.79 Å². The van der Waals surface area contributed by atoms with Crippen LogP contribution < -0.4 is 9.47 Å². The number of carbonyl (C=O) groups is 1. The molecule has 0 unspecified atom stereocenters. The molecule has 0 radical (unpaired) electrons. The van der Waals surface area contributed by atoms with Gasteiger partial charge in [-0.15, -0.1) is 0 Å². The van der Waals surface area contributed by atoms with E-state index in [1.54, 1.807) is 24.3 Å². The second-order valence-corrected chi connectivity index (χ2v) is 5.66. The van der Waals surface area contributed by atoms with E-state index in [1.807, 2.05) is 6.07 Å². The molecule has 0 amide bonds. The first-order chi connectivity index (χ1) is 11.5. The van der Waals surface area contributed by atoms with E-state index in [0.29, 0.717) is 16.0 Å². The molecule has 3 rings (SSSR count). The molecule has 0 spiro atoms. The van der Waals surface area contributed by atoms with E-state index in [1.165, 1.54) is 20.3 Å². The minimum Gasteiger partial charge on any atom is -0.504 e. The van der Waals surface area contributed by atoms with Crippen molar-refractivity contribution in [2.75, 3.05) is 7.11 Å². The van der Waals surface area contributed by atoms with Crippen LogP contribution in [0.15, 0.2) is 41.0 Å². The lowest BCUT2D eigenvalue weighted by molar-refractivity contribution is 0.101. The fourth-order valence-electron chi connectivity index (χ4n) is 2.58. The molecule has 0 bridgehead atoms. The molecule has 1 N–H and O–H groups in total. The third-order valence-corrected chi connectivity index (χ3v) is 3.86. The first-order valence-corrected chi connectivity index (χ1v) is 7.59. The summed E-state index contributed by atoms with van der Waals surface area (Å²) in [5.41, 5.74) is 1.20. The van der Waals surface area contributed by atoms with E-state index >= 15 is 0 Å². The summed E-state index contributed by atoms with van der Waals surface area (Å²) in [7, 11) is 1.43. The second-order valence-electron chi connectivity index (χ2n) is 5.22. The highest BCUT2D eigenvalue weighted by Crippen LogP contribution is 2.46. The number of ether oxygens (including phenoxy) is 2. The van der Waals surface area contributed by atoms with Gasteiger partial charge in [-0.05, 0) is 30.7 Å². The summed E-state index contributed by atoms with van der Waals surface area (Å²) in [5.74, 6) is -0.274. The van der Waals surface area contributed by atoms with Crippen molar-refractivity contribution in [3.8, 4) is 17.2 Å². The van der Waals surface area contributed by atoms with Crippen LogP contribution in [-0.4, -0.2) is 18.0 Å². The van der Waals surface area contributed by atoms with Crippen molar-refractivity contribution in [1.82, 2.24) is 0 Å². The van der Waals surface area contributed by atoms with E-state index in [4.69, 9.17) is 25.5 Å². The topological polar surface area (TPSA) is 68.9 Å². The molecular formula is C18H15ClO5. The monoisotopic (exact) mass is 346 g/mol. The molecule has 0 saturated carbocycles. The Morgan fingerprint density at radius 1 is 1.29 bits per heavy atom. The number of phenols is 1. The number of furan rings is 1. The lowest BCUT2D eigenvalue weighted by atomic mass is 10.0. The van der Waals surface area contributed by atoms with Gasteiger partial charge in [-0.1, -0.05) is 23.7 Å². The van der Waals surface area contributed by atoms with Crippen LogP contribution in [-0.2, 0) is 6.61 Å². The number of Topliss-reactive ketones (excluding diaryl/α,β-unsaturated/α-hetero) is 1. The summed E-state index contributed by atoms with van der Waals surface area (Å²) in [5, 5.41) is 11.7.